The van der Waals surface area contributed by atoms with Crippen LogP contribution in [0, 0.1) is 0 Å². The van der Waals surface area contributed by atoms with Crippen molar-refractivity contribution in [2.75, 3.05) is 18.4 Å². The molecule has 0 aliphatic heterocycles. The van der Waals surface area contributed by atoms with Crippen LogP contribution in [0.2, 0.25) is 0 Å². The predicted molar refractivity (Wildman–Crippen MR) is 159 cm³/mol. The number of nitrogens with one attached hydrogen (secondary N) is 2. The number of anilines is 1. The Balaban J connectivity index is -0.000000239. The van der Waals surface area contributed by atoms with Crippen molar-refractivity contribution in [2.45, 2.75) is 82.6 Å². The Kier molecular flexibility index (Phi) is 34.1. The van der Waals surface area contributed by atoms with Crippen LogP contribution in [-0.2, 0) is 11.2 Å². The third kappa shape index (κ3) is 23.8. The molecule has 1 aromatic rings. The molecule has 3 heteroatoms. The van der Waals surface area contributed by atoms with E-state index in [9.17, 15) is 4.79 Å². The second-order valence-electron chi connectivity index (χ2n) is 6.35. The zero-order valence-corrected chi connectivity index (χ0v) is 24.1. The van der Waals surface area contributed by atoms with E-state index in [2.05, 4.69) is 55.0 Å². The molecule has 0 aliphatic carbocycles. The fourth-order valence-electron chi connectivity index (χ4n) is 2.28. The summed E-state index contributed by atoms with van der Waals surface area (Å²) < 4.78 is 0. The minimum Gasteiger partial charge on any atom is -0.387 e. The van der Waals surface area contributed by atoms with Crippen molar-refractivity contribution in [3.8, 4) is 0 Å². The van der Waals surface area contributed by atoms with Gasteiger partial charge < -0.3 is 10.6 Å². The Bertz CT molecular complexity index is 707. The Hall–Kier alpha value is -2.81. The van der Waals surface area contributed by atoms with Crippen LogP contribution in [0.4, 0.5) is 5.69 Å². The number of rotatable bonds is 10. The van der Waals surface area contributed by atoms with Crippen LogP contribution in [-0.4, -0.2) is 18.9 Å². The molecule has 0 aliphatic rings. The molecule has 0 atom stereocenters. The highest BCUT2D eigenvalue weighted by molar-refractivity contribution is 5.88. The average molecular weight is 471 g/mol. The molecule has 2 N–H and O–H groups in total. The van der Waals surface area contributed by atoms with Gasteiger partial charge in [-0.2, -0.15) is 0 Å². The maximum Gasteiger partial charge on any atom is 0.154 e. The maximum absolute atomic E-state index is 11.1. The van der Waals surface area contributed by atoms with Gasteiger partial charge in [0.25, 0.3) is 0 Å². The molecule has 0 spiro atoms. The first-order valence-electron chi connectivity index (χ1n) is 12.8. The van der Waals surface area contributed by atoms with E-state index < -0.39 is 0 Å². The molecular formula is C31H54N2O. The summed E-state index contributed by atoms with van der Waals surface area (Å²) in [6, 6.07) is 8.36. The molecule has 34 heavy (non-hydrogen) atoms. The van der Waals surface area contributed by atoms with Gasteiger partial charge in [0.15, 0.2) is 5.78 Å². The highest BCUT2D eigenvalue weighted by Gasteiger charge is 1.98. The second kappa shape index (κ2) is 30.2. The zero-order chi connectivity index (χ0) is 27.4. The first-order chi connectivity index (χ1) is 16.4. The molecule has 0 unspecified atom stereocenters. The summed E-state index contributed by atoms with van der Waals surface area (Å²) in [4.78, 5) is 11.1. The van der Waals surface area contributed by atoms with Crippen LogP contribution in [0.1, 0.15) is 81.7 Å². The van der Waals surface area contributed by atoms with Crippen LogP contribution in [0.25, 0.3) is 0 Å². The molecule has 194 valence electrons. The summed E-state index contributed by atoms with van der Waals surface area (Å²) >= 11 is 0. The SMILES string of the molecule is C=C/C(=C\C=C/C)C(=C)C.CC.CC.CC.CCN/C(=C\C(C)=O)CNc1ccc(CC)cc1. The number of allylic oxidation sites excluding steroid dienone is 7. The smallest absolute Gasteiger partial charge is 0.154 e. The summed E-state index contributed by atoms with van der Waals surface area (Å²) in [5.74, 6) is 0.0640. The van der Waals surface area contributed by atoms with Gasteiger partial charge in [-0.05, 0) is 57.4 Å². The van der Waals surface area contributed by atoms with Crippen molar-refractivity contribution < 1.29 is 4.79 Å². The van der Waals surface area contributed by atoms with Crippen LogP contribution in [0.5, 0.6) is 0 Å². The van der Waals surface area contributed by atoms with Gasteiger partial charge in [-0.1, -0.05) is 104 Å². The van der Waals surface area contributed by atoms with Gasteiger partial charge in [0, 0.05) is 24.0 Å². The Morgan fingerprint density at radius 2 is 1.50 bits per heavy atom. The molecule has 0 radical (unpaired) electrons. The van der Waals surface area contributed by atoms with Crippen LogP contribution >= 0.6 is 0 Å². The predicted octanol–water partition coefficient (Wildman–Crippen LogP) is 9.07. The van der Waals surface area contributed by atoms with Crippen molar-refractivity contribution in [2.24, 2.45) is 0 Å². The largest absolute Gasteiger partial charge is 0.387 e. The summed E-state index contributed by atoms with van der Waals surface area (Å²) in [6.45, 7) is 30.6. The first-order valence-corrected chi connectivity index (χ1v) is 12.8. The van der Waals surface area contributed by atoms with E-state index >= 15 is 0 Å². The van der Waals surface area contributed by atoms with E-state index in [1.165, 1.54) is 5.56 Å². The van der Waals surface area contributed by atoms with Crippen molar-refractivity contribution in [3.05, 3.63) is 90.2 Å². The minimum atomic E-state index is 0.0640. The van der Waals surface area contributed by atoms with Gasteiger partial charge in [0.2, 0.25) is 0 Å². The quantitative estimate of drug-likeness (QED) is 0.265. The Labute approximate surface area is 212 Å². The summed E-state index contributed by atoms with van der Waals surface area (Å²) in [5, 5.41) is 6.49. The lowest BCUT2D eigenvalue weighted by Crippen LogP contribution is -2.20. The number of ketones is 1. The molecular weight excluding hydrogens is 416 g/mol. The van der Waals surface area contributed by atoms with Gasteiger partial charge in [0.1, 0.15) is 0 Å². The standard InChI is InChI=1S/C15H22N2O.C10H14.3C2H6/c1-4-13-6-8-14(9-7-13)17-11-15(16-5-2)10-12(3)18;1-5-7-8-10(6-2)9(3)4;3*1-2/h6-10,16-17H,4-5,11H2,1-3H3;5-8H,2-3H2,1,4H3;3*1-2H3/b15-10-;7-5-,10-8+;;;. The highest BCUT2D eigenvalue weighted by Crippen LogP contribution is 2.10. The lowest BCUT2D eigenvalue weighted by Gasteiger charge is -2.11. The molecule has 0 saturated carbocycles. The fourth-order valence-corrected chi connectivity index (χ4v) is 2.28. The van der Waals surface area contributed by atoms with E-state index in [1.807, 2.05) is 86.6 Å². The fraction of sp³-hybridized carbons (Fsp3) is 0.452. The first kappa shape index (κ1) is 38.5. The van der Waals surface area contributed by atoms with Crippen molar-refractivity contribution in [1.29, 1.82) is 0 Å². The monoisotopic (exact) mass is 470 g/mol. The number of carbonyl (C=O) groups is 1. The molecule has 0 saturated heterocycles. The third-order valence-corrected chi connectivity index (χ3v) is 3.81. The van der Waals surface area contributed by atoms with Crippen molar-refractivity contribution >= 4 is 11.5 Å². The Morgan fingerprint density at radius 3 is 1.85 bits per heavy atom. The van der Waals surface area contributed by atoms with Crippen molar-refractivity contribution in [3.63, 3.8) is 0 Å². The number of likely N-dealkylation sites (N-methyl/N-ethyl adjacent to an activating group) is 1. The van der Waals surface area contributed by atoms with E-state index in [0.29, 0.717) is 6.54 Å². The molecule has 3 nitrogen and oxygen atoms in total. The summed E-state index contributed by atoms with van der Waals surface area (Å²) in [6.07, 6.45) is 10.4. The van der Waals surface area contributed by atoms with E-state index in [-0.39, 0.29) is 5.78 Å². The zero-order valence-electron chi connectivity index (χ0n) is 24.1. The Morgan fingerprint density at radius 1 is 0.971 bits per heavy atom. The summed E-state index contributed by atoms with van der Waals surface area (Å²) in [7, 11) is 0. The van der Waals surface area contributed by atoms with Crippen molar-refractivity contribution in [1.82, 2.24) is 5.32 Å². The molecule has 0 heterocycles. The molecule has 1 aromatic carbocycles. The van der Waals surface area contributed by atoms with Crippen LogP contribution in [0.3, 0.4) is 0 Å². The highest BCUT2D eigenvalue weighted by atomic mass is 16.1. The molecule has 0 aromatic heterocycles. The number of aryl methyl sites for hydroxylation is 1. The number of hydrogen-bond acceptors (Lipinski definition) is 3. The lowest BCUT2D eigenvalue weighted by atomic mass is 10.1. The van der Waals surface area contributed by atoms with Gasteiger partial charge in [0.05, 0.1) is 6.54 Å². The molecule has 1 rings (SSSR count). The average Bonchev–Trinajstić information content (AvgIpc) is 2.87. The number of hydrogen-bond donors (Lipinski definition) is 2. The van der Waals surface area contributed by atoms with E-state index in [0.717, 1.165) is 35.5 Å². The van der Waals surface area contributed by atoms with E-state index in [4.69, 9.17) is 0 Å². The topological polar surface area (TPSA) is 41.1 Å². The number of benzene rings is 1. The second-order valence-corrected chi connectivity index (χ2v) is 6.35. The maximum atomic E-state index is 11.1. The number of carbonyl (C=O) groups excluding carboxylic acids is 1. The van der Waals surface area contributed by atoms with Crippen LogP contribution < -0.4 is 10.6 Å². The van der Waals surface area contributed by atoms with Gasteiger partial charge in [-0.15, -0.1) is 0 Å². The molecule has 0 amide bonds. The van der Waals surface area contributed by atoms with Crippen LogP contribution in [0.15, 0.2) is 84.6 Å². The van der Waals surface area contributed by atoms with Gasteiger partial charge in [-0.25, -0.2) is 0 Å². The normalized spacial score (nSPS) is 9.97. The van der Waals surface area contributed by atoms with Gasteiger partial charge in [-0.3, -0.25) is 4.79 Å². The lowest BCUT2D eigenvalue weighted by molar-refractivity contribution is -0.112. The van der Waals surface area contributed by atoms with Gasteiger partial charge >= 0.3 is 0 Å². The molecule has 0 bridgehead atoms. The molecule has 0 fully saturated rings. The third-order valence-electron chi connectivity index (χ3n) is 3.81. The summed E-state index contributed by atoms with van der Waals surface area (Å²) in [5.41, 5.74) is 5.46. The van der Waals surface area contributed by atoms with E-state index in [1.54, 1.807) is 13.0 Å². The minimum absolute atomic E-state index is 0.0640.